The van der Waals surface area contributed by atoms with E-state index in [4.69, 9.17) is 0 Å². The molecular weight excluding hydrogens is 320 g/mol. The van der Waals surface area contributed by atoms with E-state index in [2.05, 4.69) is 17.9 Å². The van der Waals surface area contributed by atoms with Gasteiger partial charge in [0.1, 0.15) is 0 Å². The molecule has 1 heterocycles. The fourth-order valence-electron chi connectivity index (χ4n) is 2.23. The third-order valence-electron chi connectivity index (χ3n) is 3.21. The second-order valence-corrected chi connectivity index (χ2v) is 6.85. The highest BCUT2D eigenvalue weighted by atomic mass is 32.2. The van der Waals surface area contributed by atoms with Crippen LogP contribution in [0, 0.1) is 0 Å². The topological polar surface area (TPSA) is 68.2 Å². The molecule has 0 atom stereocenters. The lowest BCUT2D eigenvalue weighted by molar-refractivity contribution is 0.270. The molecule has 7 heteroatoms. The van der Waals surface area contributed by atoms with Crippen molar-refractivity contribution in [3.63, 3.8) is 0 Å². The molecule has 112 valence electrons. The molecule has 2 aromatic carbocycles. The first-order valence-corrected chi connectivity index (χ1v) is 8.29. The van der Waals surface area contributed by atoms with E-state index >= 15 is 0 Å². The molecule has 0 aliphatic carbocycles. The van der Waals surface area contributed by atoms with Crippen LogP contribution in [-0.2, 0) is 10.0 Å². The number of hydrogen-bond donors (Lipinski definition) is 2. The van der Waals surface area contributed by atoms with Crippen molar-refractivity contribution in [3.05, 3.63) is 60.8 Å². The number of nitrogens with one attached hydrogen (secondary N) is 1. The number of carbonyl (C=O) groups excluding carboxylic acids is 1. The van der Waals surface area contributed by atoms with Crippen molar-refractivity contribution < 1.29 is 13.2 Å². The molecule has 0 saturated heterocycles. The van der Waals surface area contributed by atoms with Gasteiger partial charge in [0.05, 0.1) is 10.4 Å². The van der Waals surface area contributed by atoms with Gasteiger partial charge in [-0.15, -0.1) is 0 Å². The molecule has 0 radical (unpaired) electrons. The van der Waals surface area contributed by atoms with Crippen molar-refractivity contribution in [1.29, 1.82) is 0 Å². The van der Waals surface area contributed by atoms with Crippen molar-refractivity contribution in [1.82, 2.24) is 3.97 Å². The normalized spacial score (nSPS) is 11.5. The fraction of sp³-hybridized carbons (Fsp3) is 0. The SMILES string of the molecule is O=C(S)Nc1ccc2c(ccn2S(=O)(=O)c2ccccc2)c1. The number of anilines is 1. The minimum absolute atomic E-state index is 0.222. The van der Waals surface area contributed by atoms with Crippen LogP contribution in [-0.4, -0.2) is 17.6 Å². The number of fused-ring (bicyclic) bond motifs is 1. The second-order valence-electron chi connectivity index (χ2n) is 4.63. The van der Waals surface area contributed by atoms with Crippen LogP contribution in [0.3, 0.4) is 0 Å². The summed E-state index contributed by atoms with van der Waals surface area (Å²) in [4.78, 5) is 11.2. The molecule has 0 aliphatic rings. The highest BCUT2D eigenvalue weighted by Gasteiger charge is 2.18. The average Bonchev–Trinajstić information content (AvgIpc) is 2.91. The van der Waals surface area contributed by atoms with Crippen LogP contribution in [0.15, 0.2) is 65.7 Å². The van der Waals surface area contributed by atoms with Crippen molar-refractivity contribution in [2.45, 2.75) is 4.90 Å². The molecule has 0 saturated carbocycles. The Balaban J connectivity index is 2.11. The van der Waals surface area contributed by atoms with E-state index in [1.54, 1.807) is 54.6 Å². The van der Waals surface area contributed by atoms with Crippen LogP contribution in [0.1, 0.15) is 0 Å². The van der Waals surface area contributed by atoms with Crippen molar-refractivity contribution in [2.24, 2.45) is 0 Å². The van der Waals surface area contributed by atoms with E-state index < -0.39 is 15.3 Å². The number of rotatable bonds is 3. The van der Waals surface area contributed by atoms with Gasteiger partial charge in [-0.2, -0.15) is 0 Å². The predicted molar refractivity (Wildman–Crippen MR) is 89.0 cm³/mol. The zero-order valence-corrected chi connectivity index (χ0v) is 13.0. The van der Waals surface area contributed by atoms with E-state index in [-0.39, 0.29) is 4.90 Å². The van der Waals surface area contributed by atoms with Gasteiger partial charge >= 0.3 is 0 Å². The Bertz CT molecular complexity index is 947. The Morgan fingerprint density at radius 1 is 1.05 bits per heavy atom. The van der Waals surface area contributed by atoms with Gasteiger partial charge in [-0.25, -0.2) is 12.4 Å². The maximum Gasteiger partial charge on any atom is 0.280 e. The molecule has 0 fully saturated rings. The lowest BCUT2D eigenvalue weighted by atomic mass is 10.2. The van der Waals surface area contributed by atoms with Gasteiger partial charge in [-0.1, -0.05) is 30.8 Å². The maximum atomic E-state index is 12.7. The van der Waals surface area contributed by atoms with Crippen LogP contribution < -0.4 is 5.32 Å². The van der Waals surface area contributed by atoms with Crippen LogP contribution in [0.5, 0.6) is 0 Å². The summed E-state index contributed by atoms with van der Waals surface area (Å²) in [6, 6.07) is 14.9. The lowest BCUT2D eigenvalue weighted by Gasteiger charge is -2.08. The van der Waals surface area contributed by atoms with E-state index in [0.717, 1.165) is 0 Å². The van der Waals surface area contributed by atoms with Crippen LogP contribution in [0.25, 0.3) is 10.9 Å². The number of carbonyl (C=O) groups is 1. The van der Waals surface area contributed by atoms with Crippen molar-refractivity contribution in [3.8, 4) is 0 Å². The van der Waals surface area contributed by atoms with E-state index in [9.17, 15) is 13.2 Å². The minimum atomic E-state index is -3.64. The second kappa shape index (κ2) is 5.51. The van der Waals surface area contributed by atoms with Crippen molar-refractivity contribution in [2.75, 3.05) is 5.32 Å². The highest BCUT2D eigenvalue weighted by Crippen LogP contribution is 2.24. The number of amides is 1. The van der Waals surface area contributed by atoms with Crippen LogP contribution in [0.4, 0.5) is 10.5 Å². The van der Waals surface area contributed by atoms with Gasteiger partial charge in [-0.3, -0.25) is 4.79 Å². The molecule has 1 aromatic heterocycles. The monoisotopic (exact) mass is 332 g/mol. The summed E-state index contributed by atoms with van der Waals surface area (Å²) >= 11 is 3.65. The molecule has 1 amide bonds. The van der Waals surface area contributed by atoms with Gasteiger partial charge in [0.15, 0.2) is 0 Å². The number of hydrogen-bond acceptors (Lipinski definition) is 3. The smallest absolute Gasteiger partial charge is 0.280 e. The lowest BCUT2D eigenvalue weighted by Crippen LogP contribution is -2.11. The summed E-state index contributed by atoms with van der Waals surface area (Å²) < 4.78 is 26.5. The fourth-order valence-corrected chi connectivity index (χ4v) is 3.74. The molecule has 3 aromatic rings. The molecule has 1 N–H and O–H groups in total. The Morgan fingerprint density at radius 3 is 2.45 bits per heavy atom. The zero-order valence-electron chi connectivity index (χ0n) is 11.3. The van der Waals surface area contributed by atoms with Gasteiger partial charge in [-0.05, 0) is 36.4 Å². The molecule has 0 spiro atoms. The number of nitrogens with zero attached hydrogens (tertiary/aromatic N) is 1. The van der Waals surface area contributed by atoms with Crippen LogP contribution in [0.2, 0.25) is 0 Å². The Labute approximate surface area is 133 Å². The third-order valence-corrected chi connectivity index (χ3v) is 5.02. The number of thiol groups is 1. The Kier molecular flexibility index (Phi) is 3.67. The molecule has 5 nitrogen and oxygen atoms in total. The van der Waals surface area contributed by atoms with Gasteiger partial charge in [0.2, 0.25) is 0 Å². The standard InChI is InChI=1S/C15H12N2O3S2/c18-15(21)16-12-6-7-14-11(10-12)8-9-17(14)22(19,20)13-4-2-1-3-5-13/h1-10H,(H2,16,18,21). The quantitative estimate of drug-likeness (QED) is 0.723. The molecule has 3 rings (SSSR count). The van der Waals surface area contributed by atoms with Crippen LogP contribution >= 0.6 is 12.6 Å². The number of aromatic nitrogens is 1. The van der Waals surface area contributed by atoms with E-state index in [0.29, 0.717) is 16.6 Å². The van der Waals surface area contributed by atoms with Gasteiger partial charge in [0.25, 0.3) is 15.3 Å². The molecule has 0 aliphatic heterocycles. The first kappa shape index (κ1) is 14.7. The number of benzene rings is 2. The van der Waals surface area contributed by atoms with Gasteiger partial charge < -0.3 is 5.32 Å². The summed E-state index contributed by atoms with van der Waals surface area (Å²) in [7, 11) is -3.64. The summed E-state index contributed by atoms with van der Waals surface area (Å²) in [6.45, 7) is 0. The molecule has 22 heavy (non-hydrogen) atoms. The molecular formula is C15H12N2O3S2. The summed E-state index contributed by atoms with van der Waals surface area (Å²) in [5.74, 6) is 0. The largest absolute Gasteiger partial charge is 0.317 e. The predicted octanol–water partition coefficient (Wildman–Crippen LogP) is 3.34. The summed E-state index contributed by atoms with van der Waals surface area (Å²) in [5, 5.41) is 2.77. The zero-order chi connectivity index (χ0) is 15.7. The minimum Gasteiger partial charge on any atom is -0.317 e. The molecule has 0 bridgehead atoms. The first-order valence-electron chi connectivity index (χ1n) is 6.40. The average molecular weight is 332 g/mol. The Morgan fingerprint density at radius 2 is 1.77 bits per heavy atom. The first-order chi connectivity index (χ1) is 10.5. The van der Waals surface area contributed by atoms with Crippen molar-refractivity contribution >= 4 is 44.5 Å². The van der Waals surface area contributed by atoms with E-state index in [1.165, 1.54) is 10.2 Å². The Hall–Kier alpha value is -2.25. The van der Waals surface area contributed by atoms with E-state index in [1.807, 2.05) is 0 Å². The van der Waals surface area contributed by atoms with Gasteiger partial charge in [0, 0.05) is 17.3 Å². The summed E-state index contributed by atoms with van der Waals surface area (Å²) in [6.07, 6.45) is 1.50. The summed E-state index contributed by atoms with van der Waals surface area (Å²) in [5.41, 5.74) is 1.10. The highest BCUT2D eigenvalue weighted by molar-refractivity contribution is 7.96. The maximum absolute atomic E-state index is 12.7. The molecule has 0 unspecified atom stereocenters. The third kappa shape index (κ3) is 2.60.